The largest absolute Gasteiger partial charge is 0.370 e. The van der Waals surface area contributed by atoms with Crippen LogP contribution in [0.25, 0.3) is 0 Å². The van der Waals surface area contributed by atoms with E-state index in [1.165, 1.54) is 12.1 Å². The Balaban J connectivity index is 2.01. The fourth-order valence-corrected chi connectivity index (χ4v) is 3.97. The number of benzene rings is 1. The van der Waals surface area contributed by atoms with Gasteiger partial charge in [-0.05, 0) is 41.8 Å². The highest BCUT2D eigenvalue weighted by molar-refractivity contribution is 9.10. The van der Waals surface area contributed by atoms with Crippen molar-refractivity contribution in [2.75, 3.05) is 23.7 Å². The van der Waals surface area contributed by atoms with Gasteiger partial charge in [-0.25, -0.2) is 13.1 Å². The second kappa shape index (κ2) is 6.93. The van der Waals surface area contributed by atoms with Gasteiger partial charge in [0.15, 0.2) is 0 Å². The van der Waals surface area contributed by atoms with Gasteiger partial charge in [0, 0.05) is 35.7 Å². The van der Waals surface area contributed by atoms with Crippen LogP contribution in [0.15, 0.2) is 22.7 Å². The summed E-state index contributed by atoms with van der Waals surface area (Å²) in [5.74, 6) is 0.0844. The van der Waals surface area contributed by atoms with E-state index in [4.69, 9.17) is 0 Å². The number of rotatable bonds is 5. The third kappa shape index (κ3) is 4.17. The van der Waals surface area contributed by atoms with Crippen LogP contribution in [0.1, 0.15) is 19.8 Å². The van der Waals surface area contributed by atoms with Gasteiger partial charge in [0.05, 0.1) is 16.4 Å². The molecule has 0 radical (unpaired) electrons. The summed E-state index contributed by atoms with van der Waals surface area (Å²) in [5, 5.41) is 10.8. The number of sulfonamides is 1. The second-order valence-corrected chi connectivity index (χ2v) is 8.07. The first-order chi connectivity index (χ1) is 10.3. The highest BCUT2D eigenvalue weighted by Gasteiger charge is 2.24. The van der Waals surface area contributed by atoms with Gasteiger partial charge in [-0.2, -0.15) is 0 Å². The lowest BCUT2D eigenvalue weighted by Gasteiger charge is -2.34. The van der Waals surface area contributed by atoms with Crippen LogP contribution in [-0.4, -0.2) is 38.2 Å². The van der Waals surface area contributed by atoms with Crippen molar-refractivity contribution in [3.8, 4) is 0 Å². The maximum absolute atomic E-state index is 11.6. The molecule has 0 aromatic heterocycles. The molecule has 1 aromatic carbocycles. The quantitative estimate of drug-likeness (QED) is 0.613. The molecule has 1 saturated heterocycles. The van der Waals surface area contributed by atoms with Gasteiger partial charge >= 0.3 is 0 Å². The smallest absolute Gasteiger partial charge is 0.270 e. The van der Waals surface area contributed by atoms with Gasteiger partial charge in [-0.1, -0.05) is 0 Å². The summed E-state index contributed by atoms with van der Waals surface area (Å²) in [4.78, 5) is 12.4. The van der Waals surface area contributed by atoms with Gasteiger partial charge in [0.1, 0.15) is 0 Å². The van der Waals surface area contributed by atoms with Gasteiger partial charge in [-0.15, -0.1) is 0 Å². The minimum atomic E-state index is -3.18. The molecule has 1 aromatic rings. The highest BCUT2D eigenvalue weighted by atomic mass is 79.9. The van der Waals surface area contributed by atoms with Gasteiger partial charge in [0.25, 0.3) is 5.69 Å². The van der Waals surface area contributed by atoms with Crippen LogP contribution in [0.5, 0.6) is 0 Å². The molecule has 0 saturated carbocycles. The van der Waals surface area contributed by atoms with E-state index in [2.05, 4.69) is 25.6 Å². The third-order valence-corrected chi connectivity index (χ3v) is 5.79. The van der Waals surface area contributed by atoms with Crippen molar-refractivity contribution >= 4 is 37.3 Å². The Labute approximate surface area is 138 Å². The maximum Gasteiger partial charge on any atom is 0.270 e. The molecule has 9 heteroatoms. The summed E-state index contributed by atoms with van der Waals surface area (Å²) in [5.41, 5.74) is 0.934. The SMILES string of the molecule is CCS(=O)(=O)NC1CCN(c2ccc([N+](=O)[O-])cc2Br)CC1. The average molecular weight is 392 g/mol. The molecule has 1 N–H and O–H groups in total. The molecular weight excluding hydrogens is 374 g/mol. The van der Waals surface area contributed by atoms with Gasteiger partial charge < -0.3 is 4.90 Å². The highest BCUT2D eigenvalue weighted by Crippen LogP contribution is 2.31. The standard InChI is InChI=1S/C13H18BrN3O4S/c1-2-22(20,21)15-10-5-7-16(8-6-10)13-4-3-11(17(18)19)9-12(13)14/h3-4,9-10,15H,2,5-8H2,1H3. The summed E-state index contributed by atoms with van der Waals surface area (Å²) < 4.78 is 26.5. The normalized spacial score (nSPS) is 16.7. The average Bonchev–Trinajstić information content (AvgIpc) is 2.48. The van der Waals surface area contributed by atoms with E-state index in [0.717, 1.165) is 5.69 Å². The summed E-state index contributed by atoms with van der Waals surface area (Å²) in [6.45, 7) is 3.02. The van der Waals surface area contributed by atoms with E-state index in [9.17, 15) is 18.5 Å². The fraction of sp³-hybridized carbons (Fsp3) is 0.538. The summed E-state index contributed by atoms with van der Waals surface area (Å²) in [7, 11) is -3.18. The van der Waals surface area contributed by atoms with Crippen LogP contribution < -0.4 is 9.62 Å². The Kier molecular flexibility index (Phi) is 5.41. The van der Waals surface area contributed by atoms with Crippen molar-refractivity contribution in [1.82, 2.24) is 4.72 Å². The van der Waals surface area contributed by atoms with Crippen LogP contribution in [0, 0.1) is 10.1 Å². The van der Waals surface area contributed by atoms with Crippen LogP contribution in [0.4, 0.5) is 11.4 Å². The molecule has 1 fully saturated rings. The lowest BCUT2D eigenvalue weighted by atomic mass is 10.1. The zero-order valence-corrected chi connectivity index (χ0v) is 14.6. The first-order valence-electron chi connectivity index (χ1n) is 7.01. The van der Waals surface area contributed by atoms with E-state index in [-0.39, 0.29) is 17.5 Å². The molecule has 2 rings (SSSR count). The molecule has 0 amide bonds. The Morgan fingerprint density at radius 2 is 2.05 bits per heavy atom. The molecule has 7 nitrogen and oxygen atoms in total. The first kappa shape index (κ1) is 17.2. The molecule has 0 atom stereocenters. The minimum Gasteiger partial charge on any atom is -0.370 e. The van der Waals surface area contributed by atoms with E-state index >= 15 is 0 Å². The van der Waals surface area contributed by atoms with Crippen molar-refractivity contribution in [2.24, 2.45) is 0 Å². The molecule has 0 aliphatic carbocycles. The van der Waals surface area contributed by atoms with E-state index in [1.54, 1.807) is 13.0 Å². The zero-order chi connectivity index (χ0) is 16.3. The molecule has 1 heterocycles. The van der Waals surface area contributed by atoms with Crippen LogP contribution in [0.3, 0.4) is 0 Å². The Hall–Kier alpha value is -1.19. The van der Waals surface area contributed by atoms with Crippen LogP contribution in [-0.2, 0) is 10.0 Å². The van der Waals surface area contributed by atoms with Crippen molar-refractivity contribution < 1.29 is 13.3 Å². The van der Waals surface area contributed by atoms with Crippen molar-refractivity contribution in [3.63, 3.8) is 0 Å². The topological polar surface area (TPSA) is 92.6 Å². The Morgan fingerprint density at radius 3 is 2.55 bits per heavy atom. The molecule has 122 valence electrons. The number of nitrogens with one attached hydrogen (secondary N) is 1. The van der Waals surface area contributed by atoms with Crippen molar-refractivity contribution in [1.29, 1.82) is 0 Å². The third-order valence-electron chi connectivity index (χ3n) is 3.70. The molecule has 1 aliphatic heterocycles. The Morgan fingerprint density at radius 1 is 1.41 bits per heavy atom. The molecule has 0 spiro atoms. The molecule has 0 bridgehead atoms. The van der Waals surface area contributed by atoms with Crippen molar-refractivity contribution in [3.05, 3.63) is 32.8 Å². The molecule has 1 aliphatic rings. The fourth-order valence-electron chi connectivity index (χ4n) is 2.44. The summed E-state index contributed by atoms with van der Waals surface area (Å²) in [6.07, 6.45) is 1.42. The number of hydrogen-bond acceptors (Lipinski definition) is 5. The van der Waals surface area contributed by atoms with E-state index < -0.39 is 14.9 Å². The number of hydrogen-bond donors (Lipinski definition) is 1. The zero-order valence-electron chi connectivity index (χ0n) is 12.2. The van der Waals surface area contributed by atoms with Gasteiger partial charge in [0.2, 0.25) is 10.0 Å². The van der Waals surface area contributed by atoms with E-state index in [1.807, 2.05) is 0 Å². The summed E-state index contributed by atoms with van der Waals surface area (Å²) in [6, 6.07) is 4.64. The maximum atomic E-state index is 11.6. The molecule has 0 unspecified atom stereocenters. The monoisotopic (exact) mass is 391 g/mol. The minimum absolute atomic E-state index is 0.0428. The molecule has 22 heavy (non-hydrogen) atoms. The number of anilines is 1. The first-order valence-corrected chi connectivity index (χ1v) is 9.46. The second-order valence-electron chi connectivity index (χ2n) is 5.18. The number of non-ortho nitro benzene ring substituents is 1. The number of piperidine rings is 1. The van der Waals surface area contributed by atoms with Gasteiger partial charge in [-0.3, -0.25) is 10.1 Å². The van der Waals surface area contributed by atoms with Crippen molar-refractivity contribution in [2.45, 2.75) is 25.8 Å². The van der Waals surface area contributed by atoms with Crippen LogP contribution in [0.2, 0.25) is 0 Å². The number of nitro benzene ring substituents is 1. The predicted molar refractivity (Wildman–Crippen MR) is 88.6 cm³/mol. The van der Waals surface area contributed by atoms with Crippen LogP contribution >= 0.6 is 15.9 Å². The predicted octanol–water partition coefficient (Wildman–Crippen LogP) is 2.27. The summed E-state index contributed by atoms with van der Waals surface area (Å²) >= 11 is 3.37. The lowest BCUT2D eigenvalue weighted by Crippen LogP contribution is -2.45. The number of nitrogens with zero attached hydrogens (tertiary/aromatic N) is 2. The lowest BCUT2D eigenvalue weighted by molar-refractivity contribution is -0.384. The Bertz CT molecular complexity index is 657. The van der Waals surface area contributed by atoms with E-state index in [0.29, 0.717) is 30.4 Å². The molecular formula is C13H18BrN3O4S. The number of halogens is 1. The number of nitro groups is 1.